The Bertz CT molecular complexity index is 506. The average molecular weight is 224 g/mol. The van der Waals surface area contributed by atoms with Crippen LogP contribution in [-0.2, 0) is 0 Å². The lowest BCUT2D eigenvalue weighted by Gasteiger charge is -1.98. The van der Waals surface area contributed by atoms with E-state index in [1.54, 1.807) is 30.7 Å². The summed E-state index contributed by atoms with van der Waals surface area (Å²) in [6.45, 7) is 0. The molecule has 0 radical (unpaired) electrons. The number of ketones is 1. The van der Waals surface area contributed by atoms with Gasteiger partial charge in [0.2, 0.25) is 0 Å². The molecule has 1 aromatic heterocycles. The molecule has 0 atom stereocenters. The number of nitrogens with one attached hydrogen (secondary N) is 1. The zero-order valence-corrected chi connectivity index (χ0v) is 9.21. The minimum Gasteiger partial charge on any atom is -0.362 e. The largest absolute Gasteiger partial charge is 0.362 e. The smallest absolute Gasteiger partial charge is 0.187 e. The molecule has 0 amide bonds. The van der Waals surface area contributed by atoms with E-state index in [0.29, 0.717) is 5.56 Å². The number of allylic oxidation sites excluding steroid dienone is 1. The third-order valence-corrected chi connectivity index (χ3v) is 2.22. The summed E-state index contributed by atoms with van der Waals surface area (Å²) in [4.78, 5) is 15.5. The van der Waals surface area contributed by atoms with Gasteiger partial charge in [0.25, 0.3) is 0 Å². The van der Waals surface area contributed by atoms with Crippen LogP contribution in [0.4, 0.5) is 5.69 Å². The summed E-state index contributed by atoms with van der Waals surface area (Å²) in [6.07, 6.45) is 6.35. The van der Waals surface area contributed by atoms with Gasteiger partial charge in [0.1, 0.15) is 0 Å². The van der Waals surface area contributed by atoms with E-state index in [1.165, 1.54) is 6.08 Å². The second kappa shape index (κ2) is 5.61. The average Bonchev–Trinajstić information content (AvgIpc) is 2.41. The van der Waals surface area contributed by atoms with Crippen molar-refractivity contribution in [2.45, 2.75) is 0 Å². The number of benzene rings is 1. The van der Waals surface area contributed by atoms with Gasteiger partial charge in [0.15, 0.2) is 5.78 Å². The highest BCUT2D eigenvalue weighted by atomic mass is 16.1. The Morgan fingerprint density at radius 1 is 1.06 bits per heavy atom. The minimum absolute atomic E-state index is 0.0455. The number of anilines is 1. The quantitative estimate of drug-likeness (QED) is 0.641. The molecule has 0 fully saturated rings. The maximum atomic E-state index is 11.7. The molecule has 3 nitrogen and oxygen atoms in total. The van der Waals surface area contributed by atoms with Crippen molar-refractivity contribution in [2.75, 3.05) is 5.32 Å². The van der Waals surface area contributed by atoms with E-state index >= 15 is 0 Å². The Labute approximate surface area is 99.8 Å². The van der Waals surface area contributed by atoms with Crippen molar-refractivity contribution in [1.82, 2.24) is 4.98 Å². The van der Waals surface area contributed by atoms with Crippen molar-refractivity contribution in [3.63, 3.8) is 0 Å². The van der Waals surface area contributed by atoms with Gasteiger partial charge in [-0.3, -0.25) is 9.78 Å². The highest BCUT2D eigenvalue weighted by molar-refractivity contribution is 6.04. The number of carbonyl (C=O) groups excluding carboxylic acids is 1. The molecule has 1 heterocycles. The van der Waals surface area contributed by atoms with Crippen molar-refractivity contribution in [3.8, 4) is 0 Å². The lowest BCUT2D eigenvalue weighted by Crippen LogP contribution is -1.96. The molecule has 0 saturated carbocycles. The normalized spacial score (nSPS) is 10.4. The number of carbonyl (C=O) groups is 1. The second-order valence-corrected chi connectivity index (χ2v) is 3.44. The molecule has 3 heteroatoms. The summed E-state index contributed by atoms with van der Waals surface area (Å²) in [5, 5.41) is 3.03. The van der Waals surface area contributed by atoms with E-state index in [-0.39, 0.29) is 5.78 Å². The zero-order chi connectivity index (χ0) is 11.9. The van der Waals surface area contributed by atoms with Crippen LogP contribution in [0.15, 0.2) is 67.1 Å². The van der Waals surface area contributed by atoms with Crippen molar-refractivity contribution >= 4 is 11.5 Å². The predicted octanol–water partition coefficient (Wildman–Crippen LogP) is 2.89. The van der Waals surface area contributed by atoms with E-state index in [4.69, 9.17) is 0 Å². The monoisotopic (exact) mass is 224 g/mol. The lowest BCUT2D eigenvalue weighted by molar-refractivity contribution is 0.104. The summed E-state index contributed by atoms with van der Waals surface area (Å²) in [5.74, 6) is -0.0455. The van der Waals surface area contributed by atoms with Gasteiger partial charge < -0.3 is 5.32 Å². The summed E-state index contributed by atoms with van der Waals surface area (Å²) < 4.78 is 0. The molecule has 1 aromatic carbocycles. The number of rotatable bonds is 4. The van der Waals surface area contributed by atoms with Crippen molar-refractivity contribution < 1.29 is 4.79 Å². The van der Waals surface area contributed by atoms with Gasteiger partial charge in [-0.15, -0.1) is 0 Å². The van der Waals surface area contributed by atoms with Crippen LogP contribution in [0.2, 0.25) is 0 Å². The number of aromatic nitrogens is 1. The molecule has 2 aromatic rings. The molecule has 17 heavy (non-hydrogen) atoms. The fourth-order valence-corrected chi connectivity index (χ4v) is 1.36. The Morgan fingerprint density at radius 3 is 2.47 bits per heavy atom. The molecular formula is C14H12N2O. The molecular weight excluding hydrogens is 212 g/mol. The molecule has 84 valence electrons. The fraction of sp³-hybridized carbons (Fsp3) is 0. The van der Waals surface area contributed by atoms with Gasteiger partial charge in [-0.25, -0.2) is 0 Å². The van der Waals surface area contributed by atoms with E-state index in [0.717, 1.165) is 5.69 Å². The molecule has 1 N–H and O–H groups in total. The van der Waals surface area contributed by atoms with Crippen LogP contribution in [0.3, 0.4) is 0 Å². The standard InChI is InChI=1S/C14H12N2O/c17-14(12-6-9-15-10-7-12)8-11-16-13-4-2-1-3-5-13/h1-11,16H/b11-8+. The minimum atomic E-state index is -0.0455. The molecule has 0 unspecified atom stereocenters. The summed E-state index contributed by atoms with van der Waals surface area (Å²) in [5.41, 5.74) is 1.58. The predicted molar refractivity (Wildman–Crippen MR) is 67.8 cm³/mol. The van der Waals surface area contributed by atoms with E-state index in [9.17, 15) is 4.79 Å². The van der Waals surface area contributed by atoms with Gasteiger partial charge in [0.05, 0.1) is 0 Å². The number of hydrogen-bond donors (Lipinski definition) is 1. The maximum Gasteiger partial charge on any atom is 0.187 e. The second-order valence-electron chi connectivity index (χ2n) is 3.44. The highest BCUT2D eigenvalue weighted by Gasteiger charge is 1.98. The van der Waals surface area contributed by atoms with Gasteiger partial charge in [-0.2, -0.15) is 0 Å². The molecule has 0 saturated heterocycles. The topological polar surface area (TPSA) is 42.0 Å². The lowest BCUT2D eigenvalue weighted by atomic mass is 10.2. The van der Waals surface area contributed by atoms with Crippen LogP contribution in [-0.4, -0.2) is 10.8 Å². The first-order chi connectivity index (χ1) is 8.36. The Morgan fingerprint density at radius 2 is 1.76 bits per heavy atom. The van der Waals surface area contributed by atoms with Gasteiger partial charge >= 0.3 is 0 Å². The number of hydrogen-bond acceptors (Lipinski definition) is 3. The van der Waals surface area contributed by atoms with Gasteiger partial charge in [-0.1, -0.05) is 18.2 Å². The summed E-state index contributed by atoms with van der Waals surface area (Å²) >= 11 is 0. The number of nitrogens with zero attached hydrogens (tertiary/aromatic N) is 1. The Hall–Kier alpha value is -2.42. The van der Waals surface area contributed by atoms with E-state index in [2.05, 4.69) is 10.3 Å². The van der Waals surface area contributed by atoms with Crippen LogP contribution < -0.4 is 5.32 Å². The summed E-state index contributed by atoms with van der Waals surface area (Å²) in [6, 6.07) is 13.0. The van der Waals surface area contributed by atoms with Gasteiger partial charge in [0, 0.05) is 35.9 Å². The number of pyridine rings is 1. The fourth-order valence-electron chi connectivity index (χ4n) is 1.36. The molecule has 0 aliphatic heterocycles. The number of para-hydroxylation sites is 1. The van der Waals surface area contributed by atoms with E-state index < -0.39 is 0 Å². The van der Waals surface area contributed by atoms with Crippen LogP contribution in [0.1, 0.15) is 10.4 Å². The van der Waals surface area contributed by atoms with Crippen LogP contribution in [0.25, 0.3) is 0 Å². The summed E-state index contributed by atoms with van der Waals surface area (Å²) in [7, 11) is 0. The first kappa shape index (κ1) is 11.1. The molecule has 0 bridgehead atoms. The Kier molecular flexibility index (Phi) is 3.65. The van der Waals surface area contributed by atoms with Crippen molar-refractivity contribution in [1.29, 1.82) is 0 Å². The first-order valence-corrected chi connectivity index (χ1v) is 5.29. The zero-order valence-electron chi connectivity index (χ0n) is 9.21. The molecule has 2 rings (SSSR count). The van der Waals surface area contributed by atoms with E-state index in [1.807, 2.05) is 30.3 Å². The van der Waals surface area contributed by atoms with Gasteiger partial charge in [-0.05, 0) is 24.3 Å². The first-order valence-electron chi connectivity index (χ1n) is 5.29. The maximum absolute atomic E-state index is 11.7. The van der Waals surface area contributed by atoms with Crippen LogP contribution in [0, 0.1) is 0 Å². The van der Waals surface area contributed by atoms with Crippen molar-refractivity contribution in [2.24, 2.45) is 0 Å². The third kappa shape index (κ3) is 3.28. The Balaban J connectivity index is 1.96. The van der Waals surface area contributed by atoms with Crippen LogP contribution >= 0.6 is 0 Å². The highest BCUT2D eigenvalue weighted by Crippen LogP contribution is 2.05. The van der Waals surface area contributed by atoms with Crippen LogP contribution in [0.5, 0.6) is 0 Å². The molecule has 0 aliphatic carbocycles. The third-order valence-electron chi connectivity index (χ3n) is 2.22. The molecule has 0 aliphatic rings. The molecule has 0 spiro atoms. The SMILES string of the molecule is O=C(/C=C/Nc1ccccc1)c1ccncc1. The van der Waals surface area contributed by atoms with Crippen molar-refractivity contribution in [3.05, 3.63) is 72.7 Å².